The van der Waals surface area contributed by atoms with E-state index in [1.165, 1.54) is 17.5 Å². The lowest BCUT2D eigenvalue weighted by molar-refractivity contribution is 0.0560. The van der Waals surface area contributed by atoms with Gasteiger partial charge >= 0.3 is 0 Å². The van der Waals surface area contributed by atoms with Gasteiger partial charge in [-0.25, -0.2) is 4.98 Å². The summed E-state index contributed by atoms with van der Waals surface area (Å²) in [5.41, 5.74) is 7.69. The average molecular weight is 428 g/mol. The van der Waals surface area contributed by atoms with Crippen LogP contribution in [-0.2, 0) is 0 Å². The molecule has 1 fully saturated rings. The maximum atomic E-state index is 13.2. The van der Waals surface area contributed by atoms with Gasteiger partial charge in [0.15, 0.2) is 0 Å². The predicted molar refractivity (Wildman–Crippen MR) is 123 cm³/mol. The molecule has 2 aromatic rings. The van der Waals surface area contributed by atoms with Crippen molar-refractivity contribution in [3.63, 3.8) is 0 Å². The molecule has 8 heteroatoms. The van der Waals surface area contributed by atoms with E-state index in [-0.39, 0.29) is 18.0 Å². The molecule has 1 amide bonds. The van der Waals surface area contributed by atoms with Crippen LogP contribution in [0.1, 0.15) is 42.2 Å². The van der Waals surface area contributed by atoms with Gasteiger partial charge in [0.2, 0.25) is 0 Å². The number of nitrogens with two attached hydrogens (primary N) is 1. The number of aromatic nitrogens is 1. The van der Waals surface area contributed by atoms with Gasteiger partial charge in [0, 0.05) is 41.5 Å². The van der Waals surface area contributed by atoms with E-state index in [0.717, 1.165) is 37.4 Å². The van der Waals surface area contributed by atoms with E-state index in [1.54, 1.807) is 18.7 Å². The van der Waals surface area contributed by atoms with Crippen molar-refractivity contribution in [1.82, 2.24) is 15.2 Å². The number of ether oxygens (including phenoxy) is 1. The summed E-state index contributed by atoms with van der Waals surface area (Å²) >= 11 is 1.39. The Morgan fingerprint density at radius 3 is 2.83 bits per heavy atom. The highest BCUT2D eigenvalue weighted by Crippen LogP contribution is 2.24. The average Bonchev–Trinajstić information content (AvgIpc) is 3.25. The summed E-state index contributed by atoms with van der Waals surface area (Å²) in [4.78, 5) is 24.2. The van der Waals surface area contributed by atoms with Gasteiger partial charge in [-0.3, -0.25) is 9.79 Å². The zero-order valence-electron chi connectivity index (χ0n) is 17.7. The van der Waals surface area contributed by atoms with E-state index in [9.17, 15) is 4.79 Å². The van der Waals surface area contributed by atoms with E-state index in [1.807, 2.05) is 29.2 Å². The molecule has 1 saturated heterocycles. The Morgan fingerprint density at radius 1 is 1.40 bits per heavy atom. The van der Waals surface area contributed by atoms with Crippen LogP contribution in [-0.4, -0.2) is 54.3 Å². The number of amides is 1. The maximum Gasteiger partial charge on any atom is 0.273 e. The predicted octanol–water partition coefficient (Wildman–Crippen LogP) is 3.46. The lowest BCUT2D eigenvalue weighted by Gasteiger charge is -2.37. The van der Waals surface area contributed by atoms with Gasteiger partial charge in [-0.1, -0.05) is 6.07 Å². The van der Waals surface area contributed by atoms with Crippen molar-refractivity contribution in [3.05, 3.63) is 46.5 Å². The Kier molecular flexibility index (Phi) is 7.59. The van der Waals surface area contributed by atoms with Crippen LogP contribution in [0.3, 0.4) is 0 Å². The van der Waals surface area contributed by atoms with Gasteiger partial charge in [-0.15, -0.1) is 11.3 Å². The van der Waals surface area contributed by atoms with Crippen molar-refractivity contribution in [2.24, 2.45) is 10.7 Å². The number of rotatable bonds is 7. The SMILES string of the molecule is COc1cccc(N=C/C(=C\N)c2nc(C(=O)N(C(C)C)C3CCNCC3)cs2)c1. The summed E-state index contributed by atoms with van der Waals surface area (Å²) in [5, 5.41) is 5.82. The first-order valence-corrected chi connectivity index (χ1v) is 11.0. The highest BCUT2D eigenvalue weighted by Gasteiger charge is 2.29. The van der Waals surface area contributed by atoms with Crippen LogP contribution < -0.4 is 15.8 Å². The minimum Gasteiger partial charge on any atom is -0.497 e. The Labute approximate surface area is 181 Å². The van der Waals surface area contributed by atoms with Crippen molar-refractivity contribution >= 4 is 34.7 Å². The van der Waals surface area contributed by atoms with Crippen LogP contribution >= 0.6 is 11.3 Å². The molecule has 160 valence electrons. The summed E-state index contributed by atoms with van der Waals surface area (Å²) < 4.78 is 5.22. The van der Waals surface area contributed by atoms with Crippen LogP contribution in [0.5, 0.6) is 5.75 Å². The molecular formula is C22H29N5O2S. The molecule has 0 unspecified atom stereocenters. The first-order valence-electron chi connectivity index (χ1n) is 10.1. The lowest BCUT2D eigenvalue weighted by atomic mass is 10.0. The standard InChI is InChI=1S/C22H29N5O2S/c1-15(2)27(18-7-9-24-10-8-18)22(28)20-14-30-21(26-20)16(12-23)13-25-17-5-4-6-19(11-17)29-3/h4-6,11-15,18,24H,7-10,23H2,1-3H3/b16-12+,25-13?. The fraction of sp³-hybridized carbons (Fsp3) is 0.409. The quantitative estimate of drug-likeness (QED) is 0.660. The molecule has 7 nitrogen and oxygen atoms in total. The number of hydrogen-bond donors (Lipinski definition) is 2. The second kappa shape index (κ2) is 10.4. The van der Waals surface area contributed by atoms with E-state index in [2.05, 4.69) is 29.1 Å². The number of benzene rings is 1. The van der Waals surface area contributed by atoms with E-state index in [0.29, 0.717) is 16.3 Å². The lowest BCUT2D eigenvalue weighted by Crippen LogP contribution is -2.49. The number of nitrogens with zero attached hydrogens (tertiary/aromatic N) is 3. The molecule has 1 aromatic heterocycles. The normalized spacial score (nSPS) is 15.7. The molecule has 0 radical (unpaired) electrons. The van der Waals surface area contributed by atoms with Crippen LogP contribution in [0.25, 0.3) is 5.57 Å². The maximum absolute atomic E-state index is 13.2. The zero-order valence-corrected chi connectivity index (χ0v) is 18.5. The van der Waals surface area contributed by atoms with Gasteiger partial charge in [-0.2, -0.15) is 0 Å². The summed E-state index contributed by atoms with van der Waals surface area (Å²) in [5.74, 6) is 0.706. The molecular weight excluding hydrogens is 398 g/mol. The number of piperidine rings is 1. The first-order chi connectivity index (χ1) is 14.5. The molecule has 0 saturated carbocycles. The molecule has 3 N–H and O–H groups in total. The molecule has 1 aliphatic heterocycles. The Morgan fingerprint density at radius 2 is 2.17 bits per heavy atom. The summed E-state index contributed by atoms with van der Waals surface area (Å²) in [6.45, 7) is 5.98. The van der Waals surface area contributed by atoms with Crippen LogP contribution in [0.2, 0.25) is 0 Å². The largest absolute Gasteiger partial charge is 0.497 e. The molecule has 2 heterocycles. The molecule has 0 atom stereocenters. The number of carbonyl (C=O) groups is 1. The number of carbonyl (C=O) groups excluding carboxylic acids is 1. The number of nitrogens with one attached hydrogen (secondary N) is 1. The highest BCUT2D eigenvalue weighted by molar-refractivity contribution is 7.11. The van der Waals surface area contributed by atoms with E-state index >= 15 is 0 Å². The van der Waals surface area contributed by atoms with Crippen molar-refractivity contribution < 1.29 is 9.53 Å². The molecule has 30 heavy (non-hydrogen) atoms. The van der Waals surface area contributed by atoms with Crippen LogP contribution in [0.15, 0.2) is 40.8 Å². The van der Waals surface area contributed by atoms with Gasteiger partial charge in [0.05, 0.1) is 12.8 Å². The van der Waals surface area contributed by atoms with Crippen molar-refractivity contribution in [1.29, 1.82) is 0 Å². The van der Waals surface area contributed by atoms with E-state index < -0.39 is 0 Å². The molecule has 0 spiro atoms. The summed E-state index contributed by atoms with van der Waals surface area (Å²) in [6.07, 6.45) is 5.04. The minimum absolute atomic E-state index is 0.0273. The smallest absolute Gasteiger partial charge is 0.273 e. The highest BCUT2D eigenvalue weighted by atomic mass is 32.1. The first kappa shape index (κ1) is 22.0. The van der Waals surface area contributed by atoms with Gasteiger partial charge in [0.1, 0.15) is 16.5 Å². The van der Waals surface area contributed by atoms with Crippen LogP contribution in [0.4, 0.5) is 5.69 Å². The van der Waals surface area contributed by atoms with E-state index in [4.69, 9.17) is 10.5 Å². The van der Waals surface area contributed by atoms with Crippen molar-refractivity contribution in [2.75, 3.05) is 20.2 Å². The number of aliphatic imine (C=N–C) groups is 1. The van der Waals surface area contributed by atoms with Gasteiger partial charge in [0.25, 0.3) is 5.91 Å². The van der Waals surface area contributed by atoms with Crippen LogP contribution in [0, 0.1) is 0 Å². The third-order valence-corrected chi connectivity index (χ3v) is 5.94. The summed E-state index contributed by atoms with van der Waals surface area (Å²) in [6, 6.07) is 7.80. The monoisotopic (exact) mass is 427 g/mol. The molecule has 0 bridgehead atoms. The topological polar surface area (TPSA) is 92.8 Å². The molecule has 3 rings (SSSR count). The molecule has 1 aromatic carbocycles. The third kappa shape index (κ3) is 5.25. The van der Waals surface area contributed by atoms with Crippen molar-refractivity contribution in [3.8, 4) is 5.75 Å². The second-order valence-electron chi connectivity index (χ2n) is 7.41. The molecule has 1 aliphatic rings. The Hall–Kier alpha value is -2.71. The zero-order chi connectivity index (χ0) is 21.5. The Bertz CT molecular complexity index is 916. The van der Waals surface area contributed by atoms with Gasteiger partial charge in [-0.05, 0) is 51.9 Å². The molecule has 0 aliphatic carbocycles. The number of hydrogen-bond acceptors (Lipinski definition) is 7. The minimum atomic E-state index is -0.0273. The van der Waals surface area contributed by atoms with Gasteiger partial charge < -0.3 is 20.7 Å². The number of methoxy groups -OCH3 is 1. The fourth-order valence-corrected chi connectivity index (χ4v) is 4.33. The van der Waals surface area contributed by atoms with Crippen molar-refractivity contribution in [2.45, 2.75) is 38.8 Å². The number of allylic oxidation sites excluding steroid dienone is 1. The fourth-order valence-electron chi connectivity index (χ4n) is 3.55. The second-order valence-corrected chi connectivity index (χ2v) is 8.27. The third-order valence-electron chi connectivity index (χ3n) is 5.05. The number of thiazole rings is 1. The Balaban J connectivity index is 1.77. The summed E-state index contributed by atoms with van der Waals surface area (Å²) in [7, 11) is 1.62.